The second-order valence-electron chi connectivity index (χ2n) is 8.40. The lowest BCUT2D eigenvalue weighted by atomic mass is 9.68. The van der Waals surface area contributed by atoms with Gasteiger partial charge in [-0.1, -0.05) is 37.3 Å². The molecule has 148 valence electrons. The van der Waals surface area contributed by atoms with E-state index < -0.39 is 0 Å². The fourth-order valence-electron chi connectivity index (χ4n) is 4.95. The third-order valence-electron chi connectivity index (χ3n) is 6.58. The van der Waals surface area contributed by atoms with Crippen molar-refractivity contribution in [2.75, 3.05) is 38.5 Å². The summed E-state index contributed by atoms with van der Waals surface area (Å²) in [5.41, 5.74) is 8.04. The molecule has 28 heavy (non-hydrogen) atoms. The topological polar surface area (TPSA) is 62.5 Å². The molecule has 0 saturated carbocycles. The Balaban J connectivity index is 1.45. The van der Waals surface area contributed by atoms with E-state index in [0.717, 1.165) is 45.6 Å². The highest BCUT2D eigenvalue weighted by Crippen LogP contribution is 2.45. The van der Waals surface area contributed by atoms with Crippen LogP contribution in [0.3, 0.4) is 0 Å². The number of hydrogen-bond donors (Lipinski definition) is 1. The number of aromatic nitrogens is 1. The molecule has 1 aromatic heterocycles. The molecule has 1 spiro atoms. The number of likely N-dealkylation sites (tertiary alicyclic amines) is 2. The summed E-state index contributed by atoms with van der Waals surface area (Å²) in [7, 11) is 0. The molecule has 0 aliphatic carbocycles. The molecule has 1 amide bonds. The second-order valence-corrected chi connectivity index (χ2v) is 8.40. The lowest BCUT2D eigenvalue weighted by Gasteiger charge is -2.50. The highest BCUT2D eigenvalue weighted by Gasteiger charge is 2.42. The van der Waals surface area contributed by atoms with Gasteiger partial charge >= 0.3 is 0 Å². The Kier molecular flexibility index (Phi) is 5.36. The van der Waals surface area contributed by atoms with Crippen LogP contribution in [0.25, 0.3) is 0 Å². The van der Waals surface area contributed by atoms with Crippen LogP contribution in [0.2, 0.25) is 0 Å². The van der Waals surface area contributed by atoms with Crippen molar-refractivity contribution in [3.63, 3.8) is 0 Å². The van der Waals surface area contributed by atoms with Crippen molar-refractivity contribution >= 4 is 11.7 Å². The van der Waals surface area contributed by atoms with E-state index in [2.05, 4.69) is 47.1 Å². The Morgan fingerprint density at radius 2 is 1.93 bits per heavy atom. The number of amides is 1. The summed E-state index contributed by atoms with van der Waals surface area (Å²) in [4.78, 5) is 21.5. The van der Waals surface area contributed by atoms with Crippen LogP contribution in [0.5, 0.6) is 0 Å². The van der Waals surface area contributed by atoms with Crippen LogP contribution in [0, 0.1) is 5.41 Å². The Hall–Kier alpha value is -2.40. The third kappa shape index (κ3) is 3.90. The number of nitrogen functional groups attached to an aromatic ring is 1. The van der Waals surface area contributed by atoms with Gasteiger partial charge < -0.3 is 15.5 Å². The zero-order valence-electron chi connectivity index (χ0n) is 16.7. The molecule has 1 aromatic carbocycles. The van der Waals surface area contributed by atoms with Crippen molar-refractivity contribution in [2.24, 2.45) is 5.41 Å². The van der Waals surface area contributed by atoms with Crippen LogP contribution in [0.15, 0.2) is 48.7 Å². The first-order chi connectivity index (χ1) is 13.6. The quantitative estimate of drug-likeness (QED) is 0.889. The molecule has 0 bridgehead atoms. The molecule has 5 nitrogen and oxygen atoms in total. The molecule has 0 radical (unpaired) electrons. The maximum absolute atomic E-state index is 12.8. The van der Waals surface area contributed by atoms with Crippen LogP contribution in [0.1, 0.15) is 48.0 Å². The fraction of sp³-hybridized carbons (Fsp3) is 0.478. The number of nitrogens with two attached hydrogens (primary N) is 1. The molecule has 2 aliphatic rings. The number of likely N-dealkylation sites (N-methyl/N-ethyl adjacent to an activating group) is 1. The predicted octanol–water partition coefficient (Wildman–Crippen LogP) is 3.40. The van der Waals surface area contributed by atoms with E-state index in [1.54, 1.807) is 18.3 Å². The Morgan fingerprint density at radius 1 is 1.18 bits per heavy atom. The van der Waals surface area contributed by atoms with Gasteiger partial charge in [-0.3, -0.25) is 4.79 Å². The van der Waals surface area contributed by atoms with Crippen molar-refractivity contribution in [1.82, 2.24) is 14.8 Å². The number of pyridine rings is 1. The van der Waals surface area contributed by atoms with Crippen LogP contribution in [0.4, 0.5) is 5.82 Å². The van der Waals surface area contributed by atoms with E-state index in [1.165, 1.54) is 12.0 Å². The van der Waals surface area contributed by atoms with E-state index >= 15 is 0 Å². The Labute approximate surface area is 167 Å². The molecule has 2 aromatic rings. The maximum Gasteiger partial charge on any atom is 0.255 e. The van der Waals surface area contributed by atoms with E-state index in [-0.39, 0.29) is 5.91 Å². The number of benzene rings is 1. The minimum atomic E-state index is 0.0742. The molecular formula is C23H30N4O. The molecule has 5 heteroatoms. The molecule has 2 saturated heterocycles. The van der Waals surface area contributed by atoms with Crippen molar-refractivity contribution in [2.45, 2.75) is 32.1 Å². The molecule has 4 rings (SSSR count). The zero-order chi connectivity index (χ0) is 19.6. The lowest BCUT2D eigenvalue weighted by molar-refractivity contribution is 0.0158. The Bertz CT molecular complexity index is 797. The van der Waals surface area contributed by atoms with E-state index in [1.807, 2.05) is 4.90 Å². The van der Waals surface area contributed by atoms with E-state index in [4.69, 9.17) is 5.73 Å². The minimum absolute atomic E-state index is 0.0742. The van der Waals surface area contributed by atoms with Gasteiger partial charge in [-0.15, -0.1) is 0 Å². The summed E-state index contributed by atoms with van der Waals surface area (Å²) in [6.45, 7) is 7.28. The fourth-order valence-corrected chi connectivity index (χ4v) is 4.95. The molecule has 0 unspecified atom stereocenters. The first-order valence-electron chi connectivity index (χ1n) is 10.4. The van der Waals surface area contributed by atoms with Crippen molar-refractivity contribution in [1.29, 1.82) is 0 Å². The van der Waals surface area contributed by atoms with Crippen LogP contribution in [-0.4, -0.2) is 53.4 Å². The SMILES string of the molecule is CCN1C[C@@H](c2ccccc2)CC2(CCN(C(=O)c3ccc(N)nc3)CC2)C1. The molecule has 2 aliphatic heterocycles. The van der Waals surface area contributed by atoms with Crippen molar-refractivity contribution < 1.29 is 4.79 Å². The number of carbonyl (C=O) groups is 1. The summed E-state index contributed by atoms with van der Waals surface area (Å²) < 4.78 is 0. The highest BCUT2D eigenvalue weighted by molar-refractivity contribution is 5.94. The summed E-state index contributed by atoms with van der Waals surface area (Å²) in [6, 6.07) is 14.4. The van der Waals surface area contributed by atoms with Gasteiger partial charge in [0.05, 0.1) is 5.56 Å². The normalized spacial score (nSPS) is 22.3. The van der Waals surface area contributed by atoms with E-state index in [9.17, 15) is 4.79 Å². The standard InChI is InChI=1S/C23H30N4O/c1-2-26-16-20(18-6-4-3-5-7-18)14-23(17-26)10-12-27(13-11-23)22(28)19-8-9-21(24)25-15-19/h3-9,15,20H,2,10-14,16-17H2,1H3,(H2,24,25)/t20-/m0/s1. The first kappa shape index (κ1) is 18.9. The van der Waals surface area contributed by atoms with Crippen molar-refractivity contribution in [3.05, 3.63) is 59.8 Å². The minimum Gasteiger partial charge on any atom is -0.384 e. The van der Waals surface area contributed by atoms with Gasteiger partial charge in [-0.05, 0) is 54.8 Å². The number of hydrogen-bond acceptors (Lipinski definition) is 4. The summed E-state index contributed by atoms with van der Waals surface area (Å²) in [6.07, 6.45) is 4.95. The largest absolute Gasteiger partial charge is 0.384 e. The first-order valence-corrected chi connectivity index (χ1v) is 10.4. The average molecular weight is 379 g/mol. The summed E-state index contributed by atoms with van der Waals surface area (Å²) in [5.74, 6) is 1.10. The number of piperidine rings is 2. The molecular weight excluding hydrogens is 348 g/mol. The summed E-state index contributed by atoms with van der Waals surface area (Å²) in [5, 5.41) is 0. The predicted molar refractivity (Wildman–Crippen MR) is 112 cm³/mol. The molecule has 2 fully saturated rings. The smallest absolute Gasteiger partial charge is 0.255 e. The van der Waals surface area contributed by atoms with Gasteiger partial charge in [0.25, 0.3) is 5.91 Å². The zero-order valence-corrected chi connectivity index (χ0v) is 16.7. The van der Waals surface area contributed by atoms with Crippen LogP contribution < -0.4 is 5.73 Å². The number of rotatable bonds is 3. The van der Waals surface area contributed by atoms with Gasteiger partial charge in [-0.25, -0.2) is 4.98 Å². The second kappa shape index (κ2) is 7.92. The number of carbonyl (C=O) groups excluding carboxylic acids is 1. The lowest BCUT2D eigenvalue weighted by Crippen LogP contribution is -2.52. The molecule has 3 heterocycles. The van der Waals surface area contributed by atoms with Crippen LogP contribution >= 0.6 is 0 Å². The highest BCUT2D eigenvalue weighted by atomic mass is 16.2. The van der Waals surface area contributed by atoms with Crippen molar-refractivity contribution in [3.8, 4) is 0 Å². The third-order valence-corrected chi connectivity index (χ3v) is 6.58. The number of nitrogens with zero attached hydrogens (tertiary/aromatic N) is 3. The van der Waals surface area contributed by atoms with Gasteiger partial charge in [-0.2, -0.15) is 0 Å². The van der Waals surface area contributed by atoms with Gasteiger partial charge in [0.2, 0.25) is 0 Å². The summed E-state index contributed by atoms with van der Waals surface area (Å²) >= 11 is 0. The van der Waals surface area contributed by atoms with E-state index in [0.29, 0.717) is 22.7 Å². The van der Waals surface area contributed by atoms with Gasteiger partial charge in [0, 0.05) is 32.4 Å². The maximum atomic E-state index is 12.8. The number of anilines is 1. The van der Waals surface area contributed by atoms with Gasteiger partial charge in [0.1, 0.15) is 5.82 Å². The Morgan fingerprint density at radius 3 is 2.57 bits per heavy atom. The molecule has 2 N–H and O–H groups in total. The van der Waals surface area contributed by atoms with Gasteiger partial charge in [0.15, 0.2) is 0 Å². The monoisotopic (exact) mass is 378 g/mol. The molecule has 1 atom stereocenters. The van der Waals surface area contributed by atoms with Crippen LogP contribution in [-0.2, 0) is 0 Å². The average Bonchev–Trinajstić information content (AvgIpc) is 2.74.